The molecule has 0 aromatic heterocycles. The van der Waals surface area contributed by atoms with Crippen LogP contribution in [0.15, 0.2) is 48.5 Å². The molecule has 47 heteroatoms. The van der Waals surface area contributed by atoms with Crippen LogP contribution in [0.3, 0.4) is 0 Å². The summed E-state index contributed by atoms with van der Waals surface area (Å²) in [7, 11) is 0. The number of carbonyl (C=O) groups excluding carboxylic acids is 17. The van der Waals surface area contributed by atoms with Crippen LogP contribution in [0.25, 0.3) is 0 Å². The average molecular weight is 1640 g/mol. The number of nitrogens with one attached hydrogen (secondary N) is 19. The third-order valence-electron chi connectivity index (χ3n) is 16.3. The van der Waals surface area contributed by atoms with Crippen molar-refractivity contribution < 1.29 is 107 Å². The first-order valence-electron chi connectivity index (χ1n) is 35.9. The Hall–Kier alpha value is -12.7. The fraction of sp³-hybridized carbons (Fsp3) is 0.529. The second-order valence-electron chi connectivity index (χ2n) is 26.6. The molecule has 636 valence electrons. The summed E-state index contributed by atoms with van der Waals surface area (Å²) in [5.41, 5.74) is 28.4. The normalized spacial score (nSPS) is 13.9. The molecule has 2 aromatic carbocycles. The first-order chi connectivity index (χ1) is 54.0. The second kappa shape index (κ2) is 51.0. The summed E-state index contributed by atoms with van der Waals surface area (Å²) < 4.78 is 0. The maximum atomic E-state index is 13.9. The lowest BCUT2D eigenvalue weighted by Crippen LogP contribution is -2.60. The number of aliphatic hydroxyl groups excluding tert-OH is 1. The largest absolute Gasteiger partial charge is 0.508 e. The summed E-state index contributed by atoms with van der Waals surface area (Å²) in [6.45, 7) is 3.29. The SMILES string of the molecule is CC(C)C[C@H](N)C(=O)N[C@@H](Cc1ccc(O)cc1)C(=O)N[C@@H](CCCNC(=N)N)C(=O)N[C@@H](C)C(=O)NCC(=O)N[C@@H](C)C(=O)NCC(=O)NCC(=O)NCC(=O)N[C@@H](CC(N)=O)C(=O)N[C@@H](CS)C(=O)N[C@@H](CCCNC(=N)N)C(=O)N[C@@H](C)C(=O)N[C@@H](CCC(=O)O)C(=O)N[C@@H](Cc1ccc(O)cc1)C(=O)N[C@@H](CO)C(N)=O. The van der Waals surface area contributed by atoms with Gasteiger partial charge in [0.05, 0.1) is 45.2 Å². The molecule has 12 atom stereocenters. The van der Waals surface area contributed by atoms with Gasteiger partial charge >= 0.3 is 5.97 Å². The fourth-order valence-corrected chi connectivity index (χ4v) is 10.4. The van der Waals surface area contributed by atoms with Gasteiger partial charge in [-0.25, -0.2) is 0 Å². The van der Waals surface area contributed by atoms with Crippen LogP contribution in [-0.4, -0.2) is 263 Å². The van der Waals surface area contributed by atoms with Gasteiger partial charge in [-0.2, -0.15) is 12.6 Å². The summed E-state index contributed by atoms with van der Waals surface area (Å²) in [4.78, 5) is 236. The van der Waals surface area contributed by atoms with E-state index >= 15 is 0 Å². The Kier molecular flexibility index (Phi) is 43.7. The van der Waals surface area contributed by atoms with Gasteiger partial charge in [0, 0.05) is 38.1 Å². The highest BCUT2D eigenvalue weighted by Gasteiger charge is 2.36. The van der Waals surface area contributed by atoms with Crippen molar-refractivity contribution in [2.75, 3.05) is 51.6 Å². The fourth-order valence-electron chi connectivity index (χ4n) is 10.1. The van der Waals surface area contributed by atoms with E-state index in [4.69, 9.17) is 39.5 Å². The Morgan fingerprint density at radius 2 is 0.748 bits per heavy atom. The zero-order valence-corrected chi connectivity index (χ0v) is 64.7. The Morgan fingerprint density at radius 1 is 0.400 bits per heavy atom. The van der Waals surface area contributed by atoms with Crippen molar-refractivity contribution in [3.8, 4) is 11.5 Å². The number of phenolic OH excluding ortho intramolecular Hbond substituents is 2. The molecular formula is C68H106N24O22S. The molecule has 33 N–H and O–H groups in total. The number of carboxylic acid groups (broad SMARTS) is 1. The molecule has 17 amide bonds. The van der Waals surface area contributed by atoms with Gasteiger partial charge in [0.2, 0.25) is 100 Å². The number of hydrogen-bond donors (Lipinski definition) is 29. The number of hydrogen-bond acceptors (Lipinski definition) is 25. The third kappa shape index (κ3) is 39.9. The molecule has 2 aromatic rings. The van der Waals surface area contributed by atoms with E-state index in [0.717, 1.165) is 6.92 Å². The van der Waals surface area contributed by atoms with Crippen molar-refractivity contribution in [3.05, 3.63) is 59.7 Å². The molecule has 0 aliphatic rings. The molecule has 0 fully saturated rings. The standard InChI is InChI=1S/C68H106N24O22S/c1-32(2)22-40(69)59(107)89-44(23-36-10-14-38(94)15-11-36)63(111)87-41(8-6-20-76-67(72)73)60(108)83-34(4)57(105)81-29-52(99)82-33(3)56(104)80-27-51(98)78-26-50(97)79-28-53(100)85-46(25-49(70)96)65(113)92-48(31-115)66(114)88-42(9-7-21-77-68(74)75)61(109)84-35(5)58(106)86-43(18-19-54(101)102)62(110)90-45(24-37-12-16-39(95)17-13-37)64(112)91-47(30-93)55(71)103/h10-17,32-35,40-48,93-95,115H,6-9,18-31,69H2,1-5H3,(H2,70,96)(H2,71,103)(H,78,98)(H,79,97)(H,80,104)(H,81,105)(H,82,99)(H,83,108)(H,84,109)(H,85,100)(H,86,106)(H,87,111)(H,88,114)(H,89,107)(H,90,110)(H,91,112)(H,92,113)(H,101,102)(H4,72,73,76)(H4,74,75,77)/t33-,34-,35-,40-,41-,42-,43-,44-,45-,46-,47-,48-/m0/s1. The predicted octanol–water partition coefficient (Wildman–Crippen LogP) is -11.2. The van der Waals surface area contributed by atoms with Crippen LogP contribution in [0.5, 0.6) is 11.5 Å². The number of aliphatic hydroxyl groups is 1. The van der Waals surface area contributed by atoms with Crippen LogP contribution >= 0.6 is 12.6 Å². The summed E-state index contributed by atoms with van der Waals surface area (Å²) in [6, 6.07) is -6.70. The number of rotatable bonds is 52. The average Bonchev–Trinajstić information content (AvgIpc) is 0.863. The summed E-state index contributed by atoms with van der Waals surface area (Å²) >= 11 is 4.13. The number of aromatic hydroxyl groups is 2. The third-order valence-corrected chi connectivity index (χ3v) is 16.7. The predicted molar refractivity (Wildman–Crippen MR) is 410 cm³/mol. The lowest BCUT2D eigenvalue weighted by atomic mass is 10.0. The molecule has 0 unspecified atom stereocenters. The molecular weight excluding hydrogens is 1540 g/mol. The first kappa shape index (κ1) is 98.4. The molecule has 0 heterocycles. The number of benzene rings is 2. The van der Waals surface area contributed by atoms with Crippen LogP contribution < -0.4 is 119 Å². The number of phenols is 2. The van der Waals surface area contributed by atoms with Crippen LogP contribution in [0.1, 0.15) is 97.1 Å². The number of primary amides is 2. The van der Waals surface area contributed by atoms with E-state index in [-0.39, 0.29) is 75.0 Å². The zero-order chi connectivity index (χ0) is 86.8. The summed E-state index contributed by atoms with van der Waals surface area (Å²) in [6.07, 6.45) is -2.47. The number of guanidine groups is 2. The minimum absolute atomic E-state index is 0.000930. The lowest BCUT2D eigenvalue weighted by molar-refractivity contribution is -0.138. The van der Waals surface area contributed by atoms with E-state index in [0.29, 0.717) is 17.5 Å². The highest BCUT2D eigenvalue weighted by Crippen LogP contribution is 2.15. The summed E-state index contributed by atoms with van der Waals surface area (Å²) in [5, 5.41) is 93.5. The van der Waals surface area contributed by atoms with Crippen molar-refractivity contribution >= 4 is 131 Å². The lowest BCUT2D eigenvalue weighted by Gasteiger charge is -2.26. The van der Waals surface area contributed by atoms with Gasteiger partial charge in [0.1, 0.15) is 78.0 Å². The van der Waals surface area contributed by atoms with Gasteiger partial charge in [-0.05, 0) is 101 Å². The quantitative estimate of drug-likeness (QED) is 0.0127. The van der Waals surface area contributed by atoms with Crippen LogP contribution in [0, 0.1) is 16.7 Å². The molecule has 0 bridgehead atoms. The number of carboxylic acids is 1. The summed E-state index contributed by atoms with van der Waals surface area (Å²) in [5.74, 6) is -19.9. The van der Waals surface area contributed by atoms with Crippen molar-refractivity contribution in [2.24, 2.45) is 34.6 Å². The molecule has 115 heavy (non-hydrogen) atoms. The number of carbonyl (C=O) groups is 18. The smallest absolute Gasteiger partial charge is 0.303 e. The van der Waals surface area contributed by atoms with Gasteiger partial charge < -0.3 is 139 Å². The maximum Gasteiger partial charge on any atom is 0.303 e. The highest BCUT2D eigenvalue weighted by atomic mass is 32.1. The van der Waals surface area contributed by atoms with Crippen molar-refractivity contribution in [1.29, 1.82) is 10.8 Å². The van der Waals surface area contributed by atoms with Gasteiger partial charge in [0.15, 0.2) is 11.9 Å². The molecule has 0 aliphatic carbocycles. The molecule has 0 spiro atoms. The minimum Gasteiger partial charge on any atom is -0.508 e. The van der Waals surface area contributed by atoms with Crippen molar-refractivity contribution in [1.82, 2.24) is 90.4 Å². The molecule has 0 aliphatic heterocycles. The van der Waals surface area contributed by atoms with Crippen LogP contribution in [-0.2, 0) is 99.1 Å². The molecule has 0 saturated carbocycles. The highest BCUT2D eigenvalue weighted by molar-refractivity contribution is 7.80. The molecule has 0 saturated heterocycles. The Labute approximate surface area is 665 Å². The first-order valence-corrected chi connectivity index (χ1v) is 36.5. The maximum absolute atomic E-state index is 13.9. The topological polar surface area (TPSA) is 770 Å². The van der Waals surface area contributed by atoms with E-state index in [1.54, 1.807) is 0 Å². The number of amides is 17. The van der Waals surface area contributed by atoms with Crippen LogP contribution in [0.4, 0.5) is 0 Å². The van der Waals surface area contributed by atoms with E-state index in [2.05, 4.69) is 103 Å². The van der Waals surface area contributed by atoms with Gasteiger partial charge in [0.25, 0.3) is 0 Å². The minimum atomic E-state index is -1.83. The molecule has 46 nitrogen and oxygen atoms in total. The Bertz CT molecular complexity index is 3760. The Morgan fingerprint density at radius 3 is 1.17 bits per heavy atom. The van der Waals surface area contributed by atoms with E-state index in [9.17, 15) is 107 Å². The second-order valence-corrected chi connectivity index (χ2v) is 27.0. The number of thiol groups is 1. The van der Waals surface area contributed by atoms with Gasteiger partial charge in [-0.15, -0.1) is 0 Å². The van der Waals surface area contributed by atoms with Crippen molar-refractivity contribution in [2.45, 2.75) is 171 Å². The monoisotopic (exact) mass is 1640 g/mol. The van der Waals surface area contributed by atoms with E-state index in [1.807, 2.05) is 13.8 Å². The van der Waals surface area contributed by atoms with E-state index in [1.165, 1.54) is 62.4 Å². The molecule has 2 rings (SSSR count). The van der Waals surface area contributed by atoms with E-state index < -0.39 is 243 Å². The van der Waals surface area contributed by atoms with Gasteiger partial charge in [-0.1, -0.05) is 38.1 Å². The van der Waals surface area contributed by atoms with Gasteiger partial charge in [-0.3, -0.25) is 97.1 Å². The van der Waals surface area contributed by atoms with Crippen LogP contribution in [0.2, 0.25) is 0 Å². The number of aliphatic carboxylic acids is 1. The van der Waals surface area contributed by atoms with Crippen molar-refractivity contribution in [3.63, 3.8) is 0 Å². The number of nitrogens with two attached hydrogens (primary N) is 5. The molecule has 0 radical (unpaired) electrons. The Balaban J connectivity index is 2.04. The zero-order valence-electron chi connectivity index (χ0n) is 63.8.